The van der Waals surface area contributed by atoms with Crippen LogP contribution >= 0.6 is 0 Å². The molecule has 3 fully saturated rings. The van der Waals surface area contributed by atoms with E-state index in [0.29, 0.717) is 11.8 Å². The van der Waals surface area contributed by atoms with Crippen molar-refractivity contribution in [3.8, 4) is 0 Å². The zero-order valence-corrected chi connectivity index (χ0v) is 17.8. The molecule has 0 saturated carbocycles. The SMILES string of the molecule is O=C(c1ccco1)N1CCC(CCN2CCN3C(CCC3c3ccccc3)C2)CC1. The lowest BCUT2D eigenvalue weighted by atomic mass is 9.93. The van der Waals surface area contributed by atoms with E-state index in [4.69, 9.17) is 4.42 Å². The lowest BCUT2D eigenvalue weighted by Crippen LogP contribution is -2.51. The molecule has 30 heavy (non-hydrogen) atoms. The van der Waals surface area contributed by atoms with Crippen LogP contribution in [0.15, 0.2) is 53.1 Å². The van der Waals surface area contributed by atoms with Crippen molar-refractivity contribution in [3.63, 3.8) is 0 Å². The monoisotopic (exact) mass is 407 g/mol. The Labute approximate surface area is 179 Å². The number of carbonyl (C=O) groups excluding carboxylic acids is 1. The van der Waals surface area contributed by atoms with Crippen LogP contribution in [0.4, 0.5) is 0 Å². The van der Waals surface area contributed by atoms with Crippen molar-refractivity contribution in [2.75, 3.05) is 39.3 Å². The van der Waals surface area contributed by atoms with Gasteiger partial charge in [-0.1, -0.05) is 30.3 Å². The predicted molar refractivity (Wildman–Crippen MR) is 117 cm³/mol. The van der Waals surface area contributed by atoms with E-state index >= 15 is 0 Å². The molecule has 0 bridgehead atoms. The fraction of sp³-hybridized carbons (Fsp3) is 0.560. The Morgan fingerprint density at radius 3 is 2.53 bits per heavy atom. The van der Waals surface area contributed by atoms with Gasteiger partial charge in [0.1, 0.15) is 0 Å². The van der Waals surface area contributed by atoms with Crippen molar-refractivity contribution in [2.45, 2.75) is 44.2 Å². The number of piperazine rings is 1. The number of hydrogen-bond donors (Lipinski definition) is 0. The zero-order chi connectivity index (χ0) is 20.3. The van der Waals surface area contributed by atoms with Gasteiger partial charge in [0.25, 0.3) is 5.91 Å². The molecule has 5 rings (SSSR count). The molecule has 5 nitrogen and oxygen atoms in total. The van der Waals surface area contributed by atoms with Gasteiger partial charge >= 0.3 is 0 Å². The predicted octanol–water partition coefficient (Wildman–Crippen LogP) is 4.04. The lowest BCUT2D eigenvalue weighted by molar-refractivity contribution is 0.0603. The molecule has 1 aromatic carbocycles. The molecule has 3 aliphatic heterocycles. The van der Waals surface area contributed by atoms with Crippen LogP contribution in [0.2, 0.25) is 0 Å². The Morgan fingerprint density at radius 1 is 0.933 bits per heavy atom. The van der Waals surface area contributed by atoms with Gasteiger partial charge in [-0.15, -0.1) is 0 Å². The van der Waals surface area contributed by atoms with E-state index in [1.807, 2.05) is 4.90 Å². The van der Waals surface area contributed by atoms with Crippen LogP contribution in [-0.2, 0) is 0 Å². The Balaban J connectivity index is 1.06. The van der Waals surface area contributed by atoms with E-state index in [-0.39, 0.29) is 5.91 Å². The molecular formula is C25H33N3O2. The fourth-order valence-electron chi connectivity index (χ4n) is 5.70. The second kappa shape index (κ2) is 8.94. The molecule has 3 saturated heterocycles. The molecule has 5 heteroatoms. The minimum atomic E-state index is 0.0452. The first kappa shape index (κ1) is 19.8. The molecule has 2 aromatic rings. The van der Waals surface area contributed by atoms with Crippen molar-refractivity contribution < 1.29 is 9.21 Å². The number of likely N-dealkylation sites (tertiary alicyclic amines) is 1. The van der Waals surface area contributed by atoms with Crippen molar-refractivity contribution in [2.24, 2.45) is 5.92 Å². The number of furan rings is 1. The van der Waals surface area contributed by atoms with Crippen molar-refractivity contribution in [3.05, 3.63) is 60.1 Å². The molecule has 4 heterocycles. The van der Waals surface area contributed by atoms with Gasteiger partial charge in [0.15, 0.2) is 5.76 Å². The van der Waals surface area contributed by atoms with Gasteiger partial charge in [0, 0.05) is 44.8 Å². The maximum Gasteiger partial charge on any atom is 0.289 e. The van der Waals surface area contributed by atoms with Crippen LogP contribution in [0.3, 0.4) is 0 Å². The number of hydrogen-bond acceptors (Lipinski definition) is 4. The van der Waals surface area contributed by atoms with Gasteiger partial charge in [-0.2, -0.15) is 0 Å². The minimum Gasteiger partial charge on any atom is -0.459 e. The van der Waals surface area contributed by atoms with Crippen LogP contribution in [0.25, 0.3) is 0 Å². The lowest BCUT2D eigenvalue weighted by Gasteiger charge is -2.41. The highest BCUT2D eigenvalue weighted by Gasteiger charge is 2.38. The number of carbonyl (C=O) groups is 1. The highest BCUT2D eigenvalue weighted by Crippen LogP contribution is 2.37. The van der Waals surface area contributed by atoms with Gasteiger partial charge in [0.05, 0.1) is 6.26 Å². The van der Waals surface area contributed by atoms with Crippen LogP contribution in [0.5, 0.6) is 0 Å². The molecular weight excluding hydrogens is 374 g/mol. The second-order valence-electron chi connectivity index (χ2n) is 9.20. The molecule has 0 aliphatic carbocycles. The molecule has 3 aliphatic rings. The standard InChI is InChI=1S/C25H33N3O2/c29-25(24-7-4-18-30-24)27-14-11-20(12-15-27)10-13-26-16-17-28-22(19-26)8-9-23(28)21-5-2-1-3-6-21/h1-7,18,20,22-23H,8-17,19H2. The highest BCUT2D eigenvalue weighted by molar-refractivity contribution is 5.91. The van der Waals surface area contributed by atoms with Crippen LogP contribution < -0.4 is 0 Å². The first-order chi connectivity index (χ1) is 14.8. The average Bonchev–Trinajstić information content (AvgIpc) is 3.48. The van der Waals surface area contributed by atoms with Gasteiger partial charge in [0.2, 0.25) is 0 Å². The fourth-order valence-corrected chi connectivity index (χ4v) is 5.70. The summed E-state index contributed by atoms with van der Waals surface area (Å²) >= 11 is 0. The Morgan fingerprint density at radius 2 is 1.77 bits per heavy atom. The number of benzene rings is 1. The third-order valence-corrected chi connectivity index (χ3v) is 7.46. The first-order valence-corrected chi connectivity index (χ1v) is 11.6. The van der Waals surface area contributed by atoms with Crippen molar-refractivity contribution in [1.29, 1.82) is 0 Å². The van der Waals surface area contributed by atoms with E-state index < -0.39 is 0 Å². The Hall–Kier alpha value is -2.11. The molecule has 1 aromatic heterocycles. The number of nitrogens with zero attached hydrogens (tertiary/aromatic N) is 3. The van der Waals surface area contributed by atoms with E-state index in [9.17, 15) is 4.79 Å². The average molecular weight is 408 g/mol. The van der Waals surface area contributed by atoms with Crippen molar-refractivity contribution in [1.82, 2.24) is 14.7 Å². The number of fused-ring (bicyclic) bond motifs is 1. The summed E-state index contributed by atoms with van der Waals surface area (Å²) in [5.41, 5.74) is 1.49. The molecule has 0 N–H and O–H groups in total. The summed E-state index contributed by atoms with van der Waals surface area (Å²) in [6.07, 6.45) is 7.69. The topological polar surface area (TPSA) is 39.9 Å². The summed E-state index contributed by atoms with van der Waals surface area (Å²) in [5.74, 6) is 1.25. The molecule has 0 spiro atoms. The summed E-state index contributed by atoms with van der Waals surface area (Å²) in [7, 11) is 0. The summed E-state index contributed by atoms with van der Waals surface area (Å²) in [6.45, 7) is 6.53. The van der Waals surface area contributed by atoms with Gasteiger partial charge < -0.3 is 14.2 Å². The number of piperidine rings is 1. The number of rotatable bonds is 5. The van der Waals surface area contributed by atoms with Gasteiger partial charge in [-0.25, -0.2) is 0 Å². The number of amides is 1. The van der Waals surface area contributed by atoms with Gasteiger partial charge in [-0.3, -0.25) is 9.69 Å². The summed E-state index contributed by atoms with van der Waals surface area (Å²) < 4.78 is 5.27. The molecule has 1 amide bonds. The van der Waals surface area contributed by atoms with Crippen LogP contribution in [-0.4, -0.2) is 65.9 Å². The maximum absolute atomic E-state index is 12.4. The summed E-state index contributed by atoms with van der Waals surface area (Å²) in [6, 6.07) is 15.9. The third-order valence-electron chi connectivity index (χ3n) is 7.46. The zero-order valence-electron chi connectivity index (χ0n) is 17.8. The van der Waals surface area contributed by atoms with Crippen LogP contribution in [0, 0.1) is 5.92 Å². The Kier molecular flexibility index (Phi) is 5.91. The first-order valence-electron chi connectivity index (χ1n) is 11.6. The van der Waals surface area contributed by atoms with Gasteiger partial charge in [-0.05, 0) is 62.3 Å². The molecule has 0 radical (unpaired) electrons. The molecule has 160 valence electrons. The van der Waals surface area contributed by atoms with E-state index in [0.717, 1.165) is 37.9 Å². The quantitative estimate of drug-likeness (QED) is 0.750. The minimum absolute atomic E-state index is 0.0452. The third kappa shape index (κ3) is 4.19. The van der Waals surface area contributed by atoms with Crippen molar-refractivity contribution >= 4 is 5.91 Å². The summed E-state index contributed by atoms with van der Waals surface area (Å²) in [4.78, 5) is 19.8. The molecule has 2 atom stereocenters. The smallest absolute Gasteiger partial charge is 0.289 e. The van der Waals surface area contributed by atoms with E-state index in [1.165, 1.54) is 51.0 Å². The normalized spacial score (nSPS) is 26.1. The van der Waals surface area contributed by atoms with Crippen LogP contribution in [0.1, 0.15) is 54.3 Å². The van der Waals surface area contributed by atoms with E-state index in [1.54, 1.807) is 18.4 Å². The van der Waals surface area contributed by atoms with E-state index in [2.05, 4.69) is 40.1 Å². The molecule has 2 unspecified atom stereocenters. The maximum atomic E-state index is 12.4. The highest BCUT2D eigenvalue weighted by atomic mass is 16.3. The largest absolute Gasteiger partial charge is 0.459 e. The second-order valence-corrected chi connectivity index (χ2v) is 9.20. The summed E-state index contributed by atoms with van der Waals surface area (Å²) in [5, 5.41) is 0. The Bertz CT molecular complexity index is 814.